The summed E-state index contributed by atoms with van der Waals surface area (Å²) in [5.41, 5.74) is 1.17. The molecule has 9 heteroatoms. The monoisotopic (exact) mass is 314 g/mol. The average Bonchev–Trinajstić information content (AvgIpc) is 2.84. The maximum absolute atomic E-state index is 12.3. The number of aromatic nitrogens is 4. The summed E-state index contributed by atoms with van der Waals surface area (Å²) in [6.45, 7) is 0. The van der Waals surface area contributed by atoms with Gasteiger partial charge in [-0.05, 0) is 23.7 Å². The van der Waals surface area contributed by atoms with E-state index < -0.39 is 6.36 Å². The van der Waals surface area contributed by atoms with Crippen molar-refractivity contribution >= 4 is 22.6 Å². The molecule has 0 aliphatic carbocycles. The highest BCUT2D eigenvalue weighted by molar-refractivity contribution is 6.28. The Morgan fingerprint density at radius 2 is 2.00 bits per heavy atom. The van der Waals surface area contributed by atoms with E-state index in [0.29, 0.717) is 22.3 Å². The Kier molecular flexibility index (Phi) is 3.17. The predicted octanol–water partition coefficient (Wildman–Crippen LogP) is 3.57. The van der Waals surface area contributed by atoms with Crippen molar-refractivity contribution in [3.8, 4) is 17.0 Å². The van der Waals surface area contributed by atoms with Crippen LogP contribution in [0.15, 0.2) is 30.5 Å². The summed E-state index contributed by atoms with van der Waals surface area (Å²) < 4.78 is 40.7. The molecule has 1 N–H and O–H groups in total. The molecule has 3 rings (SSSR count). The minimum absolute atomic E-state index is 0.0381. The number of hydrogen-bond donors (Lipinski definition) is 1. The predicted molar refractivity (Wildman–Crippen MR) is 68.8 cm³/mol. The quantitative estimate of drug-likeness (QED) is 0.734. The number of H-pyrrole nitrogens is 1. The first-order valence-electron chi connectivity index (χ1n) is 5.65. The van der Waals surface area contributed by atoms with Gasteiger partial charge in [-0.2, -0.15) is 10.1 Å². The first kappa shape index (κ1) is 13.6. The molecule has 2 aromatic heterocycles. The largest absolute Gasteiger partial charge is 0.573 e. The van der Waals surface area contributed by atoms with E-state index in [2.05, 4.69) is 24.9 Å². The second-order valence-corrected chi connectivity index (χ2v) is 4.39. The highest BCUT2D eigenvalue weighted by atomic mass is 35.5. The molecule has 0 aliphatic rings. The van der Waals surface area contributed by atoms with Gasteiger partial charge in [0, 0.05) is 5.56 Å². The van der Waals surface area contributed by atoms with Crippen LogP contribution in [0.3, 0.4) is 0 Å². The molecule has 0 amide bonds. The van der Waals surface area contributed by atoms with Crippen molar-refractivity contribution in [1.82, 2.24) is 20.2 Å². The maximum Gasteiger partial charge on any atom is 0.573 e. The van der Waals surface area contributed by atoms with Gasteiger partial charge in [0.1, 0.15) is 5.75 Å². The Morgan fingerprint density at radius 1 is 1.19 bits per heavy atom. The summed E-state index contributed by atoms with van der Waals surface area (Å²) in [7, 11) is 0. The number of rotatable bonds is 2. The van der Waals surface area contributed by atoms with Gasteiger partial charge in [0.2, 0.25) is 5.28 Å². The Hall–Kier alpha value is -2.35. The van der Waals surface area contributed by atoms with Gasteiger partial charge in [0.05, 0.1) is 17.3 Å². The van der Waals surface area contributed by atoms with Gasteiger partial charge in [-0.1, -0.05) is 12.1 Å². The fourth-order valence-corrected chi connectivity index (χ4v) is 2.04. The van der Waals surface area contributed by atoms with Gasteiger partial charge >= 0.3 is 6.36 Å². The van der Waals surface area contributed by atoms with Crippen LogP contribution in [0.4, 0.5) is 13.2 Å². The molecule has 1 aromatic carbocycles. The summed E-state index contributed by atoms with van der Waals surface area (Å²) in [5, 5.41) is 6.95. The summed E-state index contributed by atoms with van der Waals surface area (Å²) >= 11 is 5.80. The molecular formula is C12H6ClF3N4O. The summed E-state index contributed by atoms with van der Waals surface area (Å²) in [6, 6.07) is 5.44. The van der Waals surface area contributed by atoms with Crippen LogP contribution in [-0.2, 0) is 0 Å². The summed E-state index contributed by atoms with van der Waals surface area (Å²) in [6.07, 6.45) is -3.29. The number of ether oxygens (including phenoxy) is 1. The molecule has 0 spiro atoms. The molecule has 0 fully saturated rings. The van der Waals surface area contributed by atoms with Crippen LogP contribution in [0.1, 0.15) is 0 Å². The number of benzene rings is 1. The van der Waals surface area contributed by atoms with Crippen molar-refractivity contribution < 1.29 is 17.9 Å². The van der Waals surface area contributed by atoms with Crippen molar-refractivity contribution in [3.63, 3.8) is 0 Å². The normalized spacial score (nSPS) is 11.8. The number of nitrogens with one attached hydrogen (secondary N) is 1. The first-order valence-corrected chi connectivity index (χ1v) is 6.03. The SMILES string of the molecule is FC(F)(F)Oc1cccc(-c2nc(Cl)nc3[nH]ncc23)c1. The zero-order valence-electron chi connectivity index (χ0n) is 10.1. The first-order chi connectivity index (χ1) is 9.92. The fourth-order valence-electron chi connectivity index (χ4n) is 1.87. The van der Waals surface area contributed by atoms with Gasteiger partial charge in [-0.3, -0.25) is 5.10 Å². The van der Waals surface area contributed by atoms with Crippen LogP contribution < -0.4 is 4.74 Å². The average molecular weight is 315 g/mol. The standard InChI is InChI=1S/C12H6ClF3N4O/c13-11-18-9(8-5-17-20-10(8)19-11)6-2-1-3-7(4-6)21-12(14,15)16/h1-5H,(H,17,18,19,20). The van der Waals surface area contributed by atoms with Gasteiger partial charge in [-0.25, -0.2) is 4.98 Å². The molecular weight excluding hydrogens is 309 g/mol. The van der Waals surface area contributed by atoms with Crippen molar-refractivity contribution in [2.45, 2.75) is 6.36 Å². The van der Waals surface area contributed by atoms with Crippen LogP contribution in [-0.4, -0.2) is 26.5 Å². The molecule has 0 saturated heterocycles. The third-order valence-electron chi connectivity index (χ3n) is 2.62. The number of nitrogens with zero attached hydrogens (tertiary/aromatic N) is 3. The van der Waals surface area contributed by atoms with Gasteiger partial charge < -0.3 is 4.74 Å². The zero-order chi connectivity index (χ0) is 15.0. The fraction of sp³-hybridized carbons (Fsp3) is 0.0833. The van der Waals surface area contributed by atoms with Gasteiger partial charge in [0.25, 0.3) is 0 Å². The molecule has 21 heavy (non-hydrogen) atoms. The minimum atomic E-state index is -4.76. The molecule has 0 saturated carbocycles. The van der Waals surface area contributed by atoms with Crippen molar-refractivity contribution in [2.24, 2.45) is 0 Å². The van der Waals surface area contributed by atoms with E-state index in [1.165, 1.54) is 24.4 Å². The Balaban J connectivity index is 2.10. The second-order valence-electron chi connectivity index (χ2n) is 4.05. The topological polar surface area (TPSA) is 63.7 Å². The van der Waals surface area contributed by atoms with E-state index in [0.717, 1.165) is 0 Å². The minimum Gasteiger partial charge on any atom is -0.406 e. The third-order valence-corrected chi connectivity index (χ3v) is 2.79. The zero-order valence-corrected chi connectivity index (χ0v) is 10.9. The molecule has 0 unspecified atom stereocenters. The van der Waals surface area contributed by atoms with E-state index in [9.17, 15) is 13.2 Å². The van der Waals surface area contributed by atoms with E-state index in [1.807, 2.05) is 0 Å². The Morgan fingerprint density at radius 3 is 2.76 bits per heavy atom. The van der Waals surface area contributed by atoms with Crippen molar-refractivity contribution in [3.05, 3.63) is 35.7 Å². The van der Waals surface area contributed by atoms with Crippen LogP contribution in [0.25, 0.3) is 22.3 Å². The van der Waals surface area contributed by atoms with Crippen molar-refractivity contribution in [1.29, 1.82) is 0 Å². The molecule has 0 bridgehead atoms. The number of alkyl halides is 3. The molecule has 2 heterocycles. The highest BCUT2D eigenvalue weighted by Crippen LogP contribution is 2.30. The smallest absolute Gasteiger partial charge is 0.406 e. The van der Waals surface area contributed by atoms with E-state index in [-0.39, 0.29) is 11.0 Å². The molecule has 0 atom stereocenters. The highest BCUT2D eigenvalue weighted by Gasteiger charge is 2.31. The lowest BCUT2D eigenvalue weighted by molar-refractivity contribution is -0.274. The molecule has 0 radical (unpaired) electrons. The lowest BCUT2D eigenvalue weighted by Crippen LogP contribution is -2.17. The van der Waals surface area contributed by atoms with Crippen LogP contribution >= 0.6 is 11.6 Å². The van der Waals surface area contributed by atoms with Crippen LogP contribution in [0.5, 0.6) is 5.75 Å². The van der Waals surface area contributed by atoms with Crippen molar-refractivity contribution in [2.75, 3.05) is 0 Å². The summed E-state index contributed by atoms with van der Waals surface area (Å²) in [5.74, 6) is -0.341. The van der Waals surface area contributed by atoms with Crippen LogP contribution in [0.2, 0.25) is 5.28 Å². The number of aromatic amines is 1. The van der Waals surface area contributed by atoms with E-state index in [4.69, 9.17) is 11.6 Å². The number of fused-ring (bicyclic) bond motifs is 1. The Labute approximate surface area is 120 Å². The lowest BCUT2D eigenvalue weighted by Gasteiger charge is -2.10. The maximum atomic E-state index is 12.3. The Bertz CT molecular complexity index is 803. The molecule has 108 valence electrons. The van der Waals surface area contributed by atoms with Crippen LogP contribution in [0, 0.1) is 0 Å². The molecule has 5 nitrogen and oxygen atoms in total. The van der Waals surface area contributed by atoms with Gasteiger partial charge in [-0.15, -0.1) is 13.2 Å². The lowest BCUT2D eigenvalue weighted by atomic mass is 10.1. The number of halogens is 4. The summed E-state index contributed by atoms with van der Waals surface area (Å²) in [4.78, 5) is 7.97. The second kappa shape index (κ2) is 4.88. The third kappa shape index (κ3) is 2.89. The van der Waals surface area contributed by atoms with E-state index in [1.54, 1.807) is 6.07 Å². The van der Waals surface area contributed by atoms with E-state index >= 15 is 0 Å². The number of hydrogen-bond acceptors (Lipinski definition) is 4. The molecule has 0 aliphatic heterocycles. The molecule has 3 aromatic rings. The van der Waals surface area contributed by atoms with Gasteiger partial charge in [0.15, 0.2) is 5.65 Å².